The molecule has 0 unspecified atom stereocenters. The van der Waals surface area contributed by atoms with Crippen LogP contribution in [0.4, 0.5) is 11.4 Å². The average Bonchev–Trinajstić information content (AvgIpc) is 2.37. The zero-order valence-electron chi connectivity index (χ0n) is 12.1. The third-order valence-electron chi connectivity index (χ3n) is 3.27. The highest BCUT2D eigenvalue weighted by molar-refractivity contribution is 9.10. The van der Waals surface area contributed by atoms with Crippen LogP contribution >= 0.6 is 15.9 Å². The first-order chi connectivity index (χ1) is 9.70. The summed E-state index contributed by atoms with van der Waals surface area (Å²) in [6.45, 7) is 5.37. The second-order valence-electron chi connectivity index (χ2n) is 5.04. The first kappa shape index (κ1) is 15.9. The van der Waals surface area contributed by atoms with E-state index >= 15 is 0 Å². The van der Waals surface area contributed by atoms with E-state index in [-0.39, 0.29) is 4.90 Å². The summed E-state index contributed by atoms with van der Waals surface area (Å²) >= 11 is 3.36. The van der Waals surface area contributed by atoms with Gasteiger partial charge in [0.15, 0.2) is 0 Å². The zero-order valence-corrected chi connectivity index (χ0v) is 14.5. The molecular formula is C15H17BrN2O2S. The van der Waals surface area contributed by atoms with Gasteiger partial charge in [-0.3, -0.25) is 4.72 Å². The van der Waals surface area contributed by atoms with Crippen LogP contribution in [0.2, 0.25) is 0 Å². The Morgan fingerprint density at radius 3 is 2.38 bits per heavy atom. The maximum atomic E-state index is 12.6. The summed E-state index contributed by atoms with van der Waals surface area (Å²) in [5.41, 5.74) is 9.10. The number of nitrogen functional groups attached to an aromatic ring is 1. The minimum Gasteiger partial charge on any atom is -0.398 e. The number of halogens is 1. The predicted octanol–water partition coefficient (Wildman–Crippen LogP) is 3.76. The van der Waals surface area contributed by atoms with Crippen molar-refractivity contribution in [2.75, 3.05) is 10.5 Å². The number of nitrogens with one attached hydrogen (secondary N) is 1. The Bertz CT molecular complexity index is 802. The fraction of sp³-hybridized carbons (Fsp3) is 0.200. The Hall–Kier alpha value is -1.53. The van der Waals surface area contributed by atoms with E-state index in [1.54, 1.807) is 31.2 Å². The molecule has 3 N–H and O–H groups in total. The van der Waals surface area contributed by atoms with Gasteiger partial charge in [-0.05, 0) is 67.8 Å². The van der Waals surface area contributed by atoms with Crippen molar-refractivity contribution in [3.63, 3.8) is 0 Å². The van der Waals surface area contributed by atoms with Gasteiger partial charge < -0.3 is 5.73 Å². The van der Waals surface area contributed by atoms with E-state index in [1.807, 2.05) is 19.9 Å². The highest BCUT2D eigenvalue weighted by Crippen LogP contribution is 2.27. The minimum atomic E-state index is -3.67. The van der Waals surface area contributed by atoms with Crippen LogP contribution in [-0.4, -0.2) is 8.42 Å². The third kappa shape index (κ3) is 3.39. The van der Waals surface area contributed by atoms with Gasteiger partial charge >= 0.3 is 0 Å². The number of sulfonamides is 1. The van der Waals surface area contributed by atoms with Crippen LogP contribution in [0.1, 0.15) is 16.7 Å². The Morgan fingerprint density at radius 1 is 1.10 bits per heavy atom. The van der Waals surface area contributed by atoms with Gasteiger partial charge in [-0.1, -0.05) is 15.9 Å². The summed E-state index contributed by atoms with van der Waals surface area (Å²) in [5.74, 6) is 0. The summed E-state index contributed by atoms with van der Waals surface area (Å²) < 4.78 is 28.7. The molecule has 2 aromatic carbocycles. The molecule has 112 valence electrons. The summed E-state index contributed by atoms with van der Waals surface area (Å²) in [5, 5.41) is 0. The van der Waals surface area contributed by atoms with Crippen molar-refractivity contribution in [3.8, 4) is 0 Å². The Balaban J connectivity index is 2.48. The average molecular weight is 369 g/mol. The number of hydrogen-bond acceptors (Lipinski definition) is 3. The van der Waals surface area contributed by atoms with Crippen molar-refractivity contribution in [1.82, 2.24) is 0 Å². The van der Waals surface area contributed by atoms with Gasteiger partial charge in [0.05, 0.1) is 10.6 Å². The van der Waals surface area contributed by atoms with Crippen LogP contribution in [0.5, 0.6) is 0 Å². The lowest BCUT2D eigenvalue weighted by Gasteiger charge is -2.14. The van der Waals surface area contributed by atoms with Crippen LogP contribution < -0.4 is 10.5 Å². The molecule has 0 saturated carbocycles. The molecule has 0 aromatic heterocycles. The van der Waals surface area contributed by atoms with E-state index in [2.05, 4.69) is 20.7 Å². The highest BCUT2D eigenvalue weighted by Gasteiger charge is 2.19. The molecule has 0 heterocycles. The van der Waals surface area contributed by atoms with Crippen molar-refractivity contribution in [1.29, 1.82) is 0 Å². The molecule has 0 aliphatic heterocycles. The summed E-state index contributed by atoms with van der Waals surface area (Å²) in [7, 11) is -3.67. The Kier molecular flexibility index (Phi) is 4.30. The van der Waals surface area contributed by atoms with Gasteiger partial charge in [-0.25, -0.2) is 8.42 Å². The van der Waals surface area contributed by atoms with Crippen LogP contribution in [-0.2, 0) is 10.0 Å². The molecule has 21 heavy (non-hydrogen) atoms. The van der Waals surface area contributed by atoms with Crippen LogP contribution in [0.15, 0.2) is 39.7 Å². The minimum absolute atomic E-state index is 0.210. The lowest BCUT2D eigenvalue weighted by molar-refractivity contribution is 0.600. The molecule has 6 heteroatoms. The molecule has 2 aromatic rings. The van der Waals surface area contributed by atoms with E-state index in [0.717, 1.165) is 15.6 Å². The van der Waals surface area contributed by atoms with Crippen LogP contribution in [0.3, 0.4) is 0 Å². The van der Waals surface area contributed by atoms with Crippen LogP contribution in [0.25, 0.3) is 0 Å². The fourth-order valence-corrected chi connectivity index (χ4v) is 4.04. The van der Waals surface area contributed by atoms with Crippen molar-refractivity contribution in [3.05, 3.63) is 51.5 Å². The number of rotatable bonds is 3. The van der Waals surface area contributed by atoms with Crippen molar-refractivity contribution in [2.45, 2.75) is 25.7 Å². The summed E-state index contributed by atoms with van der Waals surface area (Å²) in [6, 6.07) is 8.77. The molecule has 0 fully saturated rings. The molecule has 2 rings (SSSR count). The molecule has 0 radical (unpaired) electrons. The molecule has 0 aliphatic rings. The first-order valence-electron chi connectivity index (χ1n) is 6.36. The van der Waals surface area contributed by atoms with E-state index in [0.29, 0.717) is 16.9 Å². The Labute approximate surface area is 133 Å². The van der Waals surface area contributed by atoms with Crippen molar-refractivity contribution >= 4 is 37.3 Å². The summed E-state index contributed by atoms with van der Waals surface area (Å²) in [4.78, 5) is 0.210. The van der Waals surface area contributed by atoms with Gasteiger partial charge in [-0.15, -0.1) is 0 Å². The summed E-state index contributed by atoms with van der Waals surface area (Å²) in [6.07, 6.45) is 0. The zero-order chi connectivity index (χ0) is 15.8. The van der Waals surface area contributed by atoms with E-state index < -0.39 is 10.0 Å². The van der Waals surface area contributed by atoms with E-state index in [9.17, 15) is 8.42 Å². The molecule has 0 bridgehead atoms. The third-order valence-corrected chi connectivity index (χ3v) is 5.25. The second kappa shape index (κ2) is 5.69. The predicted molar refractivity (Wildman–Crippen MR) is 90.0 cm³/mol. The van der Waals surface area contributed by atoms with Gasteiger partial charge in [0.2, 0.25) is 0 Å². The largest absolute Gasteiger partial charge is 0.398 e. The second-order valence-corrected chi connectivity index (χ2v) is 7.61. The molecule has 0 saturated heterocycles. The number of hydrogen-bond donors (Lipinski definition) is 2. The van der Waals surface area contributed by atoms with Gasteiger partial charge in [0, 0.05) is 10.2 Å². The standard InChI is InChI=1S/C15H17BrN2O2S/c1-9-6-13(17)11(3)15(7-9)21(19,20)18-14-5-4-12(16)8-10(14)2/h4-8,18H,17H2,1-3H3. The smallest absolute Gasteiger partial charge is 0.262 e. The number of nitrogens with two attached hydrogens (primary N) is 1. The highest BCUT2D eigenvalue weighted by atomic mass is 79.9. The molecular weight excluding hydrogens is 352 g/mol. The maximum absolute atomic E-state index is 12.6. The number of aryl methyl sites for hydroxylation is 2. The lowest BCUT2D eigenvalue weighted by atomic mass is 10.1. The van der Waals surface area contributed by atoms with Gasteiger partial charge in [0.1, 0.15) is 0 Å². The SMILES string of the molecule is Cc1cc(N)c(C)c(S(=O)(=O)Nc2ccc(Br)cc2C)c1. The lowest BCUT2D eigenvalue weighted by Crippen LogP contribution is -2.16. The van der Waals surface area contributed by atoms with E-state index in [4.69, 9.17) is 5.73 Å². The van der Waals surface area contributed by atoms with Crippen molar-refractivity contribution in [2.24, 2.45) is 0 Å². The fourth-order valence-electron chi connectivity index (χ4n) is 2.07. The maximum Gasteiger partial charge on any atom is 0.262 e. The number of benzene rings is 2. The normalized spacial score (nSPS) is 11.4. The Morgan fingerprint density at radius 2 is 1.76 bits per heavy atom. The number of anilines is 2. The molecule has 0 atom stereocenters. The van der Waals surface area contributed by atoms with Crippen molar-refractivity contribution < 1.29 is 8.42 Å². The first-order valence-corrected chi connectivity index (χ1v) is 8.64. The molecule has 0 spiro atoms. The van der Waals surface area contributed by atoms with Crippen LogP contribution in [0, 0.1) is 20.8 Å². The monoisotopic (exact) mass is 368 g/mol. The molecule has 0 aliphatic carbocycles. The molecule has 4 nitrogen and oxygen atoms in total. The molecule has 0 amide bonds. The van der Waals surface area contributed by atoms with Gasteiger partial charge in [0.25, 0.3) is 10.0 Å². The topological polar surface area (TPSA) is 72.2 Å². The quantitative estimate of drug-likeness (QED) is 0.810. The van der Waals surface area contributed by atoms with E-state index in [1.165, 1.54) is 0 Å². The van der Waals surface area contributed by atoms with Gasteiger partial charge in [-0.2, -0.15) is 0 Å².